The molecule has 2 aromatic carbocycles. The van der Waals surface area contributed by atoms with E-state index in [1.807, 2.05) is 38.1 Å². The molecule has 6 heteroatoms. The zero-order chi connectivity index (χ0) is 19.3. The van der Waals surface area contributed by atoms with Gasteiger partial charge in [0.05, 0.1) is 10.6 Å². The second-order valence-corrected chi connectivity index (χ2v) is 7.97. The fraction of sp³-hybridized carbons (Fsp3) is 0.190. The van der Waals surface area contributed by atoms with Gasteiger partial charge in [0.15, 0.2) is 0 Å². The number of nitrogens with zero attached hydrogens (tertiary/aromatic N) is 1. The van der Waals surface area contributed by atoms with E-state index in [2.05, 4.69) is 0 Å². The molecule has 0 saturated heterocycles. The molecule has 0 N–H and O–H groups in total. The second kappa shape index (κ2) is 6.16. The van der Waals surface area contributed by atoms with Gasteiger partial charge in [0.2, 0.25) is 0 Å². The van der Waals surface area contributed by atoms with Gasteiger partial charge in [-0.15, -0.1) is 11.3 Å². The summed E-state index contributed by atoms with van der Waals surface area (Å²) < 4.78 is 33.3. The minimum absolute atomic E-state index is 0.0312. The second-order valence-electron chi connectivity index (χ2n) is 6.92. The van der Waals surface area contributed by atoms with E-state index in [1.165, 1.54) is 29.4 Å². The Labute approximate surface area is 159 Å². The molecular formula is C21H17F2NO2S. The maximum absolute atomic E-state index is 14.1. The van der Waals surface area contributed by atoms with Crippen LogP contribution in [0, 0.1) is 11.6 Å². The Balaban J connectivity index is 1.76. The van der Waals surface area contributed by atoms with Gasteiger partial charge in [-0.3, -0.25) is 4.79 Å². The van der Waals surface area contributed by atoms with Gasteiger partial charge in [-0.1, -0.05) is 12.1 Å². The Morgan fingerprint density at radius 2 is 1.85 bits per heavy atom. The van der Waals surface area contributed by atoms with Crippen LogP contribution in [0.5, 0.6) is 5.75 Å². The summed E-state index contributed by atoms with van der Waals surface area (Å²) in [5, 5.41) is 0. The summed E-state index contributed by atoms with van der Waals surface area (Å²) in [4.78, 5) is 15.6. The van der Waals surface area contributed by atoms with Gasteiger partial charge in [0.1, 0.15) is 23.0 Å². The summed E-state index contributed by atoms with van der Waals surface area (Å²) in [6, 6.07) is 12.7. The Kier molecular flexibility index (Phi) is 4.03. The van der Waals surface area contributed by atoms with Crippen molar-refractivity contribution in [3.05, 3.63) is 70.6 Å². The number of para-hydroxylation sites is 1. The molecule has 3 aromatic rings. The standard InChI is InChI=1S/C21H17F2NO2S/c1-21(2)14-11-18(27-19(14)13-6-4-5-7-17(13)26-21)20(25)24(3)16-9-8-12(22)10-15(16)23/h4-11H,1-3H3. The van der Waals surface area contributed by atoms with Crippen molar-refractivity contribution in [2.24, 2.45) is 0 Å². The molecule has 1 aliphatic rings. The average Bonchev–Trinajstić information content (AvgIpc) is 3.07. The zero-order valence-electron chi connectivity index (χ0n) is 15.0. The Morgan fingerprint density at radius 1 is 1.11 bits per heavy atom. The van der Waals surface area contributed by atoms with Gasteiger partial charge in [-0.2, -0.15) is 0 Å². The predicted octanol–water partition coefficient (Wildman–Crippen LogP) is 5.60. The number of carbonyl (C=O) groups excluding carboxylic acids is 1. The van der Waals surface area contributed by atoms with Crippen molar-refractivity contribution in [2.75, 3.05) is 11.9 Å². The third kappa shape index (κ3) is 2.90. The molecule has 27 heavy (non-hydrogen) atoms. The van der Waals surface area contributed by atoms with Crippen molar-refractivity contribution in [3.8, 4) is 16.2 Å². The number of benzene rings is 2. The Morgan fingerprint density at radius 3 is 2.59 bits per heavy atom. The lowest BCUT2D eigenvalue weighted by Gasteiger charge is -2.32. The fourth-order valence-electron chi connectivity index (χ4n) is 3.24. The van der Waals surface area contributed by atoms with E-state index in [-0.39, 0.29) is 11.6 Å². The van der Waals surface area contributed by atoms with E-state index in [9.17, 15) is 13.6 Å². The van der Waals surface area contributed by atoms with Gasteiger partial charge in [0.25, 0.3) is 5.91 Å². The molecular weight excluding hydrogens is 368 g/mol. The summed E-state index contributed by atoms with van der Waals surface area (Å²) in [7, 11) is 1.48. The van der Waals surface area contributed by atoms with Crippen molar-refractivity contribution in [2.45, 2.75) is 19.4 Å². The average molecular weight is 385 g/mol. The third-order valence-corrected chi connectivity index (χ3v) is 5.82. The van der Waals surface area contributed by atoms with E-state index in [0.29, 0.717) is 4.88 Å². The molecule has 0 unspecified atom stereocenters. The highest BCUT2D eigenvalue weighted by molar-refractivity contribution is 7.17. The number of fused-ring (bicyclic) bond motifs is 3. The van der Waals surface area contributed by atoms with Crippen LogP contribution in [0.15, 0.2) is 48.5 Å². The molecule has 3 nitrogen and oxygen atoms in total. The van der Waals surface area contributed by atoms with Crippen LogP contribution < -0.4 is 9.64 Å². The molecule has 0 spiro atoms. The lowest BCUT2D eigenvalue weighted by Crippen LogP contribution is -2.28. The number of carbonyl (C=O) groups is 1. The van der Waals surface area contributed by atoms with Crippen molar-refractivity contribution >= 4 is 22.9 Å². The topological polar surface area (TPSA) is 29.5 Å². The first-order valence-electron chi connectivity index (χ1n) is 8.44. The van der Waals surface area contributed by atoms with Crippen LogP contribution in [0.1, 0.15) is 29.1 Å². The molecule has 0 aliphatic carbocycles. The van der Waals surface area contributed by atoms with E-state index < -0.39 is 17.2 Å². The molecule has 1 amide bonds. The van der Waals surface area contributed by atoms with Gasteiger partial charge in [-0.05, 0) is 44.2 Å². The molecule has 4 rings (SSSR count). The van der Waals surface area contributed by atoms with Gasteiger partial charge >= 0.3 is 0 Å². The number of halogens is 2. The SMILES string of the molecule is CN(C(=O)c1cc2c(s1)-c1ccccc1OC2(C)C)c1ccc(F)cc1F. The zero-order valence-corrected chi connectivity index (χ0v) is 15.9. The highest BCUT2D eigenvalue weighted by Crippen LogP contribution is 2.49. The van der Waals surface area contributed by atoms with Gasteiger partial charge < -0.3 is 9.64 Å². The molecule has 0 atom stereocenters. The van der Waals surface area contributed by atoms with Crippen LogP contribution in [0.3, 0.4) is 0 Å². The molecule has 0 radical (unpaired) electrons. The largest absolute Gasteiger partial charge is 0.482 e. The molecule has 0 fully saturated rings. The summed E-state index contributed by atoms with van der Waals surface area (Å²) in [5.74, 6) is -1.04. The molecule has 138 valence electrons. The number of hydrogen-bond acceptors (Lipinski definition) is 3. The van der Waals surface area contributed by atoms with Crippen LogP contribution >= 0.6 is 11.3 Å². The first-order chi connectivity index (χ1) is 12.8. The minimum atomic E-state index is -0.777. The number of rotatable bonds is 2. The number of thiophene rings is 1. The highest BCUT2D eigenvalue weighted by atomic mass is 32.1. The fourth-order valence-corrected chi connectivity index (χ4v) is 4.56. The van der Waals surface area contributed by atoms with E-state index in [1.54, 1.807) is 6.07 Å². The van der Waals surface area contributed by atoms with Crippen LogP contribution in [-0.2, 0) is 5.60 Å². The molecule has 1 aliphatic heterocycles. The summed E-state index contributed by atoms with van der Waals surface area (Å²) in [6.07, 6.45) is 0. The number of amides is 1. The first-order valence-corrected chi connectivity index (χ1v) is 9.25. The molecule has 1 aromatic heterocycles. The molecule has 0 bridgehead atoms. The Bertz CT molecular complexity index is 1060. The summed E-state index contributed by atoms with van der Waals surface area (Å²) >= 11 is 1.35. The predicted molar refractivity (Wildman–Crippen MR) is 103 cm³/mol. The summed E-state index contributed by atoms with van der Waals surface area (Å²) in [5.41, 5.74) is 1.30. The molecule has 0 saturated carbocycles. The van der Waals surface area contributed by atoms with Gasteiger partial charge in [0, 0.05) is 29.1 Å². The Hall–Kier alpha value is -2.73. The third-order valence-electron chi connectivity index (χ3n) is 4.66. The lowest BCUT2D eigenvalue weighted by molar-refractivity contribution is 0.0993. The lowest BCUT2D eigenvalue weighted by atomic mass is 9.92. The smallest absolute Gasteiger partial charge is 0.268 e. The monoisotopic (exact) mass is 385 g/mol. The number of anilines is 1. The number of hydrogen-bond donors (Lipinski definition) is 0. The first kappa shape index (κ1) is 17.7. The maximum Gasteiger partial charge on any atom is 0.268 e. The van der Waals surface area contributed by atoms with Crippen molar-refractivity contribution in [1.82, 2.24) is 0 Å². The van der Waals surface area contributed by atoms with Crippen molar-refractivity contribution < 1.29 is 18.3 Å². The van der Waals surface area contributed by atoms with Crippen LogP contribution in [0.4, 0.5) is 14.5 Å². The van der Waals surface area contributed by atoms with Gasteiger partial charge in [-0.25, -0.2) is 8.78 Å². The van der Waals surface area contributed by atoms with Crippen LogP contribution in [0.2, 0.25) is 0 Å². The van der Waals surface area contributed by atoms with Crippen molar-refractivity contribution in [3.63, 3.8) is 0 Å². The maximum atomic E-state index is 14.1. The van der Waals surface area contributed by atoms with E-state index >= 15 is 0 Å². The quantitative estimate of drug-likeness (QED) is 0.575. The normalized spacial score (nSPS) is 14.1. The van der Waals surface area contributed by atoms with Crippen LogP contribution in [0.25, 0.3) is 10.4 Å². The van der Waals surface area contributed by atoms with Crippen molar-refractivity contribution in [1.29, 1.82) is 0 Å². The minimum Gasteiger partial charge on any atom is -0.482 e. The van der Waals surface area contributed by atoms with E-state index in [4.69, 9.17) is 4.74 Å². The highest BCUT2D eigenvalue weighted by Gasteiger charge is 2.35. The summed E-state index contributed by atoms with van der Waals surface area (Å²) in [6.45, 7) is 3.90. The van der Waals surface area contributed by atoms with E-state index in [0.717, 1.165) is 33.9 Å². The van der Waals surface area contributed by atoms with Crippen LogP contribution in [-0.4, -0.2) is 13.0 Å². The molecule has 2 heterocycles. The number of ether oxygens (including phenoxy) is 1.